The summed E-state index contributed by atoms with van der Waals surface area (Å²) in [6.45, 7) is 5.16. The van der Waals surface area contributed by atoms with Crippen molar-refractivity contribution in [3.05, 3.63) is 68.8 Å². The Bertz CT molecular complexity index is 999. The van der Waals surface area contributed by atoms with Crippen LogP contribution in [0.3, 0.4) is 0 Å². The lowest BCUT2D eigenvalue weighted by molar-refractivity contribution is 0.549. The summed E-state index contributed by atoms with van der Waals surface area (Å²) in [5.41, 5.74) is 2.96. The largest absolute Gasteiger partial charge is 0.341 e. The van der Waals surface area contributed by atoms with Crippen molar-refractivity contribution in [2.24, 2.45) is 5.92 Å². The van der Waals surface area contributed by atoms with Crippen LogP contribution >= 0.6 is 34.5 Å². The highest BCUT2D eigenvalue weighted by molar-refractivity contribution is 7.16. The Hall–Kier alpha value is -1.62. The van der Waals surface area contributed by atoms with Gasteiger partial charge in [-0.15, -0.1) is 11.3 Å². The molecule has 1 atom stereocenters. The SMILES string of the molecule is CCCN(c1nc(-c2ccc(Cl)cc2Cl)c(C)s1)C(c1ccc(F)cc1)C1CC1. The second kappa shape index (κ2) is 8.63. The fourth-order valence-electron chi connectivity index (χ4n) is 3.81. The van der Waals surface area contributed by atoms with E-state index in [0.29, 0.717) is 16.0 Å². The molecule has 1 saturated carbocycles. The van der Waals surface area contributed by atoms with Gasteiger partial charge in [-0.05, 0) is 68.0 Å². The van der Waals surface area contributed by atoms with E-state index in [-0.39, 0.29) is 11.9 Å². The minimum atomic E-state index is -0.199. The predicted molar refractivity (Wildman–Crippen MR) is 122 cm³/mol. The van der Waals surface area contributed by atoms with E-state index in [1.54, 1.807) is 29.5 Å². The van der Waals surface area contributed by atoms with Crippen molar-refractivity contribution in [1.82, 2.24) is 4.98 Å². The van der Waals surface area contributed by atoms with Crippen LogP contribution in [0, 0.1) is 18.7 Å². The van der Waals surface area contributed by atoms with Crippen LogP contribution in [0.15, 0.2) is 42.5 Å². The lowest BCUT2D eigenvalue weighted by Crippen LogP contribution is -2.31. The number of anilines is 1. The van der Waals surface area contributed by atoms with E-state index in [0.717, 1.165) is 39.8 Å². The van der Waals surface area contributed by atoms with Gasteiger partial charge in [0.05, 0.1) is 16.8 Å². The van der Waals surface area contributed by atoms with Crippen molar-refractivity contribution >= 4 is 39.7 Å². The Balaban J connectivity index is 1.74. The van der Waals surface area contributed by atoms with E-state index in [9.17, 15) is 4.39 Å². The Labute approximate surface area is 185 Å². The topological polar surface area (TPSA) is 16.1 Å². The van der Waals surface area contributed by atoms with Crippen molar-refractivity contribution in [3.63, 3.8) is 0 Å². The summed E-state index contributed by atoms with van der Waals surface area (Å²) in [4.78, 5) is 8.53. The van der Waals surface area contributed by atoms with Crippen molar-refractivity contribution in [3.8, 4) is 11.3 Å². The number of aromatic nitrogens is 1. The summed E-state index contributed by atoms with van der Waals surface area (Å²) in [5, 5.41) is 2.22. The molecule has 1 aliphatic carbocycles. The first-order valence-electron chi connectivity index (χ1n) is 9.93. The van der Waals surface area contributed by atoms with Gasteiger partial charge in [0.1, 0.15) is 5.82 Å². The van der Waals surface area contributed by atoms with E-state index in [1.807, 2.05) is 24.3 Å². The van der Waals surface area contributed by atoms with Gasteiger partial charge in [0.25, 0.3) is 0 Å². The van der Waals surface area contributed by atoms with Gasteiger partial charge in [0, 0.05) is 22.0 Å². The molecule has 1 unspecified atom stereocenters. The van der Waals surface area contributed by atoms with E-state index in [1.165, 1.54) is 12.8 Å². The lowest BCUT2D eigenvalue weighted by Gasteiger charge is -2.32. The molecule has 2 nitrogen and oxygen atoms in total. The molecule has 0 spiro atoms. The third-order valence-electron chi connectivity index (χ3n) is 5.30. The molecule has 0 aliphatic heterocycles. The van der Waals surface area contributed by atoms with Crippen molar-refractivity contribution in [1.29, 1.82) is 0 Å². The van der Waals surface area contributed by atoms with Crippen LogP contribution in [0.25, 0.3) is 11.3 Å². The quantitative estimate of drug-likeness (QED) is 0.364. The molecule has 1 fully saturated rings. The van der Waals surface area contributed by atoms with Crippen molar-refractivity contribution in [2.45, 2.75) is 39.2 Å². The van der Waals surface area contributed by atoms with E-state index in [4.69, 9.17) is 28.2 Å². The molecular formula is C23H23Cl2FN2S. The first kappa shape index (κ1) is 20.6. The maximum Gasteiger partial charge on any atom is 0.186 e. The second-order valence-electron chi connectivity index (χ2n) is 7.55. The highest BCUT2D eigenvalue weighted by Gasteiger charge is 2.37. The molecule has 6 heteroatoms. The zero-order valence-electron chi connectivity index (χ0n) is 16.5. The molecule has 0 amide bonds. The number of benzene rings is 2. The Morgan fingerprint density at radius 2 is 1.90 bits per heavy atom. The summed E-state index contributed by atoms with van der Waals surface area (Å²) < 4.78 is 13.5. The van der Waals surface area contributed by atoms with Crippen molar-refractivity contribution < 1.29 is 4.39 Å². The molecule has 2 aromatic carbocycles. The highest BCUT2D eigenvalue weighted by atomic mass is 35.5. The molecule has 3 aromatic rings. The van der Waals surface area contributed by atoms with Crippen molar-refractivity contribution in [2.75, 3.05) is 11.4 Å². The number of aryl methyl sites for hydroxylation is 1. The monoisotopic (exact) mass is 448 g/mol. The summed E-state index contributed by atoms with van der Waals surface area (Å²) in [7, 11) is 0. The average Bonchev–Trinajstić information content (AvgIpc) is 3.45. The van der Waals surface area contributed by atoms with Gasteiger partial charge >= 0.3 is 0 Å². The van der Waals surface area contributed by atoms with Crippen LogP contribution < -0.4 is 4.90 Å². The number of hydrogen-bond acceptors (Lipinski definition) is 3. The standard InChI is InChI=1S/C23H23Cl2FN2S/c1-3-12-28(22(15-4-5-15)16-6-9-18(26)10-7-16)23-27-21(14(2)29-23)19-11-8-17(24)13-20(19)25/h6-11,13,15,22H,3-5,12H2,1-2H3. The molecule has 152 valence electrons. The normalized spacial score (nSPS) is 14.8. The van der Waals surface area contributed by atoms with E-state index in [2.05, 4.69) is 18.7 Å². The van der Waals surface area contributed by atoms with Gasteiger partial charge in [-0.2, -0.15) is 0 Å². The molecule has 0 radical (unpaired) electrons. The number of halogens is 3. The van der Waals surface area contributed by atoms with Gasteiger partial charge in [-0.25, -0.2) is 9.37 Å². The van der Waals surface area contributed by atoms with Crippen LogP contribution in [0.1, 0.15) is 42.7 Å². The number of thiazole rings is 1. The summed E-state index contributed by atoms with van der Waals surface area (Å²) in [5.74, 6) is 0.383. The summed E-state index contributed by atoms with van der Waals surface area (Å²) in [6, 6.07) is 12.7. The minimum Gasteiger partial charge on any atom is -0.341 e. The van der Waals surface area contributed by atoms with Crippen LogP contribution in [0.2, 0.25) is 10.0 Å². The molecular weight excluding hydrogens is 426 g/mol. The first-order valence-corrected chi connectivity index (χ1v) is 11.5. The predicted octanol–water partition coefficient (Wildman–Crippen LogP) is 7.93. The van der Waals surface area contributed by atoms with E-state index >= 15 is 0 Å². The summed E-state index contributed by atoms with van der Waals surface area (Å²) in [6.07, 6.45) is 3.41. The number of nitrogens with zero attached hydrogens (tertiary/aromatic N) is 2. The lowest BCUT2D eigenvalue weighted by atomic mass is 10.0. The fourth-order valence-corrected chi connectivity index (χ4v) is 5.29. The molecule has 29 heavy (non-hydrogen) atoms. The molecule has 4 rings (SSSR count). The van der Waals surface area contributed by atoms with Gasteiger partial charge in [-0.1, -0.05) is 42.3 Å². The highest BCUT2D eigenvalue weighted by Crippen LogP contribution is 2.48. The third kappa shape index (κ3) is 4.45. The average molecular weight is 449 g/mol. The number of hydrogen-bond donors (Lipinski definition) is 0. The zero-order chi connectivity index (χ0) is 20.5. The van der Waals surface area contributed by atoms with Gasteiger partial charge < -0.3 is 4.90 Å². The van der Waals surface area contributed by atoms with Crippen LogP contribution in [-0.4, -0.2) is 11.5 Å². The molecule has 0 bridgehead atoms. The zero-order valence-corrected chi connectivity index (χ0v) is 18.8. The molecule has 1 heterocycles. The number of rotatable bonds is 7. The minimum absolute atomic E-state index is 0.199. The Morgan fingerprint density at radius 1 is 1.17 bits per heavy atom. The second-order valence-corrected chi connectivity index (χ2v) is 9.58. The fraction of sp³-hybridized carbons (Fsp3) is 0.348. The Kier molecular flexibility index (Phi) is 6.14. The van der Waals surface area contributed by atoms with Crippen LogP contribution in [-0.2, 0) is 0 Å². The van der Waals surface area contributed by atoms with E-state index < -0.39 is 0 Å². The molecule has 1 aromatic heterocycles. The first-order chi connectivity index (χ1) is 14.0. The Morgan fingerprint density at radius 3 is 2.52 bits per heavy atom. The summed E-state index contributed by atoms with van der Waals surface area (Å²) >= 11 is 14.2. The smallest absolute Gasteiger partial charge is 0.186 e. The van der Waals surface area contributed by atoms with Gasteiger partial charge in [-0.3, -0.25) is 0 Å². The maximum absolute atomic E-state index is 13.5. The third-order valence-corrected chi connectivity index (χ3v) is 6.85. The molecule has 0 saturated heterocycles. The van der Waals surface area contributed by atoms with Gasteiger partial charge in [0.15, 0.2) is 5.13 Å². The molecule has 1 aliphatic rings. The van der Waals surface area contributed by atoms with Crippen LogP contribution in [0.5, 0.6) is 0 Å². The van der Waals surface area contributed by atoms with Gasteiger partial charge in [0.2, 0.25) is 0 Å². The molecule has 0 N–H and O–H groups in total. The maximum atomic E-state index is 13.5. The van der Waals surface area contributed by atoms with Crippen LogP contribution in [0.4, 0.5) is 9.52 Å².